The Labute approximate surface area is 211 Å². The highest BCUT2D eigenvalue weighted by Crippen LogP contribution is 2.31. The lowest BCUT2D eigenvalue weighted by Gasteiger charge is -2.37. The first-order valence-electron chi connectivity index (χ1n) is 11.8. The van der Waals surface area contributed by atoms with E-state index in [4.69, 9.17) is 21.6 Å². The molecular weight excluding hydrogens is 465 g/mol. The summed E-state index contributed by atoms with van der Waals surface area (Å²) in [5.74, 6) is 1.03. The largest absolute Gasteiger partial charge is 0.353 e. The maximum atomic E-state index is 14.7. The average Bonchev–Trinajstić information content (AvgIpc) is 2.81. The average molecular weight is 496 g/mol. The van der Waals surface area contributed by atoms with Crippen LogP contribution in [-0.4, -0.2) is 52.6 Å². The molecule has 0 unspecified atom stereocenters. The number of aryl methyl sites for hydroxylation is 1. The van der Waals surface area contributed by atoms with Gasteiger partial charge >= 0.3 is 6.03 Å². The van der Waals surface area contributed by atoms with Gasteiger partial charge in [-0.1, -0.05) is 48.0 Å². The molecule has 0 spiro atoms. The Kier molecular flexibility index (Phi) is 7.26. The van der Waals surface area contributed by atoms with Gasteiger partial charge in [-0.05, 0) is 39.8 Å². The minimum atomic E-state index is -0.348. The molecule has 0 aliphatic carbocycles. The van der Waals surface area contributed by atoms with E-state index in [9.17, 15) is 9.18 Å². The van der Waals surface area contributed by atoms with Crippen molar-refractivity contribution in [2.24, 2.45) is 0 Å². The summed E-state index contributed by atoms with van der Waals surface area (Å²) in [6.07, 6.45) is 0.284. The molecule has 1 aliphatic rings. The van der Waals surface area contributed by atoms with Gasteiger partial charge in [0.05, 0.1) is 0 Å². The summed E-state index contributed by atoms with van der Waals surface area (Å²) in [6, 6.07) is 14.4. The number of nitrogens with one attached hydrogen (secondary N) is 1. The highest BCUT2D eigenvalue weighted by atomic mass is 35.5. The molecule has 1 fully saturated rings. The molecule has 1 saturated heterocycles. The number of piperazine rings is 1. The Morgan fingerprint density at radius 1 is 1.00 bits per heavy atom. The standard InChI is InChI=1S/C27H31ClFN5O/c1-18-20(17-21-22(28)11-8-12-23(21)29)25(31-24(30-18)19-9-6-5-7-10-19)33-13-15-34(16-14-33)26(35)32-27(2,3)4/h5-12H,13-17H2,1-4H3,(H,32,35). The number of rotatable bonds is 4. The van der Waals surface area contributed by atoms with Crippen molar-refractivity contribution >= 4 is 23.4 Å². The molecule has 2 aromatic carbocycles. The van der Waals surface area contributed by atoms with E-state index in [1.54, 1.807) is 12.1 Å². The molecule has 0 radical (unpaired) electrons. The summed E-state index contributed by atoms with van der Waals surface area (Å²) in [5.41, 5.74) is 2.66. The Morgan fingerprint density at radius 2 is 1.69 bits per heavy atom. The summed E-state index contributed by atoms with van der Waals surface area (Å²) in [4.78, 5) is 26.3. The first-order valence-corrected chi connectivity index (χ1v) is 12.2. The Hall–Kier alpha value is -3.19. The number of anilines is 1. The summed E-state index contributed by atoms with van der Waals surface area (Å²) < 4.78 is 14.7. The van der Waals surface area contributed by atoms with Gasteiger partial charge in [-0.15, -0.1) is 0 Å². The van der Waals surface area contributed by atoms with E-state index in [1.165, 1.54) is 6.07 Å². The van der Waals surface area contributed by atoms with Crippen LogP contribution < -0.4 is 10.2 Å². The van der Waals surface area contributed by atoms with E-state index in [2.05, 4.69) is 10.2 Å². The molecule has 1 aromatic heterocycles. The van der Waals surface area contributed by atoms with Gasteiger partial charge in [-0.25, -0.2) is 19.2 Å². The molecule has 4 rings (SSSR count). The highest BCUT2D eigenvalue weighted by Gasteiger charge is 2.27. The fourth-order valence-corrected chi connectivity index (χ4v) is 4.39. The van der Waals surface area contributed by atoms with E-state index in [0.717, 1.165) is 22.6 Å². The van der Waals surface area contributed by atoms with Crippen LogP contribution in [0.15, 0.2) is 48.5 Å². The van der Waals surface area contributed by atoms with Crippen molar-refractivity contribution in [3.8, 4) is 11.4 Å². The highest BCUT2D eigenvalue weighted by molar-refractivity contribution is 6.31. The van der Waals surface area contributed by atoms with Crippen molar-refractivity contribution in [2.45, 2.75) is 39.7 Å². The summed E-state index contributed by atoms with van der Waals surface area (Å²) in [7, 11) is 0. The van der Waals surface area contributed by atoms with Gasteiger partial charge in [0.2, 0.25) is 0 Å². The van der Waals surface area contributed by atoms with Crippen LogP contribution in [0.3, 0.4) is 0 Å². The van der Waals surface area contributed by atoms with Crippen molar-refractivity contribution in [3.63, 3.8) is 0 Å². The fraction of sp³-hybridized carbons (Fsp3) is 0.370. The summed E-state index contributed by atoms with van der Waals surface area (Å²) >= 11 is 6.36. The zero-order valence-corrected chi connectivity index (χ0v) is 21.4. The Bertz CT molecular complexity index is 1180. The van der Waals surface area contributed by atoms with Crippen LogP contribution in [0.25, 0.3) is 11.4 Å². The van der Waals surface area contributed by atoms with Gasteiger partial charge in [-0.3, -0.25) is 0 Å². The number of carbonyl (C=O) groups excluding carboxylic acids is 1. The third kappa shape index (κ3) is 5.90. The molecular formula is C27H31ClFN5O. The van der Waals surface area contributed by atoms with Crippen molar-refractivity contribution in [1.29, 1.82) is 0 Å². The Morgan fingerprint density at radius 3 is 2.31 bits per heavy atom. The smallest absolute Gasteiger partial charge is 0.317 e. The molecule has 0 atom stereocenters. The topological polar surface area (TPSA) is 61.4 Å². The number of benzene rings is 2. The summed E-state index contributed by atoms with van der Waals surface area (Å²) in [5, 5.41) is 3.41. The zero-order valence-electron chi connectivity index (χ0n) is 20.6. The van der Waals surface area contributed by atoms with Gasteiger partial charge in [0, 0.05) is 65.5 Å². The maximum Gasteiger partial charge on any atom is 0.317 e. The number of hydrogen-bond donors (Lipinski definition) is 1. The molecule has 6 nitrogen and oxygen atoms in total. The second-order valence-corrected chi connectivity index (χ2v) is 10.2. The third-order valence-electron chi connectivity index (χ3n) is 5.99. The van der Waals surface area contributed by atoms with Crippen LogP contribution in [0.1, 0.15) is 37.6 Å². The van der Waals surface area contributed by atoms with Gasteiger partial charge in [-0.2, -0.15) is 0 Å². The molecule has 3 aromatic rings. The number of halogens is 2. The second-order valence-electron chi connectivity index (χ2n) is 9.83. The maximum absolute atomic E-state index is 14.7. The number of nitrogens with zero attached hydrogens (tertiary/aromatic N) is 4. The number of urea groups is 1. The zero-order chi connectivity index (χ0) is 25.2. The van der Waals surface area contributed by atoms with E-state index in [0.29, 0.717) is 42.6 Å². The van der Waals surface area contributed by atoms with E-state index < -0.39 is 0 Å². The number of carbonyl (C=O) groups is 1. The molecule has 0 bridgehead atoms. The molecule has 1 aliphatic heterocycles. The predicted octanol–water partition coefficient (Wildman–Crippen LogP) is 5.47. The lowest BCUT2D eigenvalue weighted by molar-refractivity contribution is 0.185. The SMILES string of the molecule is Cc1nc(-c2ccccc2)nc(N2CCN(C(=O)NC(C)(C)C)CC2)c1Cc1c(F)cccc1Cl. The molecule has 1 N–H and O–H groups in total. The number of aromatic nitrogens is 2. The molecule has 8 heteroatoms. The monoisotopic (exact) mass is 495 g/mol. The van der Waals surface area contributed by atoms with E-state index in [1.807, 2.05) is 62.9 Å². The van der Waals surface area contributed by atoms with Crippen LogP contribution in [-0.2, 0) is 6.42 Å². The quantitative estimate of drug-likeness (QED) is 0.521. The minimum Gasteiger partial charge on any atom is -0.353 e. The van der Waals surface area contributed by atoms with Gasteiger partial charge in [0.25, 0.3) is 0 Å². The van der Waals surface area contributed by atoms with Crippen LogP contribution in [0.4, 0.5) is 15.0 Å². The number of hydrogen-bond acceptors (Lipinski definition) is 4. The predicted molar refractivity (Wildman–Crippen MR) is 138 cm³/mol. The lowest BCUT2D eigenvalue weighted by atomic mass is 10.0. The Balaban J connectivity index is 1.67. The van der Waals surface area contributed by atoms with Crippen LogP contribution in [0.2, 0.25) is 5.02 Å². The summed E-state index contributed by atoms with van der Waals surface area (Å²) in [6.45, 7) is 10.2. The van der Waals surface area contributed by atoms with Crippen molar-refractivity contribution in [1.82, 2.24) is 20.2 Å². The van der Waals surface area contributed by atoms with E-state index in [-0.39, 0.29) is 23.8 Å². The number of amides is 2. The molecule has 2 amide bonds. The van der Waals surface area contributed by atoms with Crippen LogP contribution in [0.5, 0.6) is 0 Å². The van der Waals surface area contributed by atoms with Crippen LogP contribution in [0, 0.1) is 12.7 Å². The first-order chi connectivity index (χ1) is 16.6. The van der Waals surface area contributed by atoms with E-state index >= 15 is 0 Å². The van der Waals surface area contributed by atoms with Crippen molar-refractivity contribution < 1.29 is 9.18 Å². The first kappa shape index (κ1) is 24.9. The van der Waals surface area contributed by atoms with Gasteiger partial charge < -0.3 is 15.1 Å². The molecule has 184 valence electrons. The second kappa shape index (κ2) is 10.2. The molecule has 2 heterocycles. The third-order valence-corrected chi connectivity index (χ3v) is 6.34. The lowest BCUT2D eigenvalue weighted by Crippen LogP contribution is -2.55. The van der Waals surface area contributed by atoms with Gasteiger partial charge in [0.1, 0.15) is 11.6 Å². The van der Waals surface area contributed by atoms with Gasteiger partial charge in [0.15, 0.2) is 5.82 Å². The van der Waals surface area contributed by atoms with Crippen molar-refractivity contribution in [2.75, 3.05) is 31.1 Å². The van der Waals surface area contributed by atoms with Crippen LogP contribution >= 0.6 is 11.6 Å². The minimum absolute atomic E-state index is 0.0700. The van der Waals surface area contributed by atoms with Crippen molar-refractivity contribution in [3.05, 3.63) is 76.2 Å². The normalized spacial score (nSPS) is 14.2. The molecule has 0 saturated carbocycles. The fourth-order valence-electron chi connectivity index (χ4n) is 4.16. The molecule has 35 heavy (non-hydrogen) atoms.